The van der Waals surface area contributed by atoms with E-state index in [0.29, 0.717) is 17.4 Å². The molecule has 0 aromatic rings. The lowest BCUT2D eigenvalue weighted by molar-refractivity contribution is -0.870. The zero-order valence-electron chi connectivity index (χ0n) is 43.1. The van der Waals surface area contributed by atoms with Gasteiger partial charge in [0.1, 0.15) is 13.2 Å². The molecule has 0 heterocycles. The van der Waals surface area contributed by atoms with Gasteiger partial charge in [0.05, 0.1) is 39.9 Å². The van der Waals surface area contributed by atoms with Crippen LogP contribution in [0.15, 0.2) is 97.2 Å². The molecule has 0 aromatic carbocycles. The third-order valence-electron chi connectivity index (χ3n) is 11.3. The van der Waals surface area contributed by atoms with Gasteiger partial charge in [-0.05, 0) is 77.0 Å². The molecule has 380 valence electrons. The quantitative estimate of drug-likeness (QED) is 0.0272. The SMILES string of the molecule is CC/C=C\C/C=C\C/C=C\C/C=C\C/C=C\C/C=C\C/C=C\CCCCCCCCCCCCCCCCCCCC(=O)NC(COP(=O)([O-])OCC[N+](C)(C)C)C(O)/C=C/CCCCC. The molecule has 0 aliphatic carbocycles. The summed E-state index contributed by atoms with van der Waals surface area (Å²) < 4.78 is 23.0. The number of rotatable bonds is 47. The van der Waals surface area contributed by atoms with Crippen molar-refractivity contribution in [1.29, 1.82) is 0 Å². The number of likely N-dealkylation sites (N-methyl/N-ethyl adjacent to an activating group) is 1. The van der Waals surface area contributed by atoms with Crippen molar-refractivity contribution in [2.75, 3.05) is 40.9 Å². The molecule has 0 fully saturated rings. The highest BCUT2D eigenvalue weighted by Gasteiger charge is 2.23. The maximum Gasteiger partial charge on any atom is 0.268 e. The van der Waals surface area contributed by atoms with Crippen molar-refractivity contribution in [2.24, 2.45) is 0 Å². The minimum Gasteiger partial charge on any atom is -0.756 e. The fraction of sp³-hybridized carbons (Fsp3) is 0.702. The van der Waals surface area contributed by atoms with E-state index in [1.807, 2.05) is 27.2 Å². The number of carbonyl (C=O) groups excluding carboxylic acids is 1. The molecule has 0 aliphatic rings. The van der Waals surface area contributed by atoms with Gasteiger partial charge < -0.3 is 28.8 Å². The average molecular weight is 941 g/mol. The lowest BCUT2D eigenvalue weighted by Crippen LogP contribution is -2.45. The molecule has 0 rings (SSSR count). The molecule has 0 spiro atoms. The van der Waals surface area contributed by atoms with Crippen molar-refractivity contribution in [3.8, 4) is 0 Å². The molecule has 2 N–H and O–H groups in total. The number of hydrogen-bond acceptors (Lipinski definition) is 6. The Kier molecular flexibility index (Phi) is 45.6. The Labute approximate surface area is 407 Å². The van der Waals surface area contributed by atoms with Crippen molar-refractivity contribution < 1.29 is 32.9 Å². The predicted octanol–water partition coefficient (Wildman–Crippen LogP) is 15.2. The molecule has 8 nitrogen and oxygen atoms in total. The van der Waals surface area contributed by atoms with Gasteiger partial charge in [-0.25, -0.2) is 0 Å². The summed E-state index contributed by atoms with van der Waals surface area (Å²) in [7, 11) is 1.25. The Morgan fingerprint density at radius 1 is 0.545 bits per heavy atom. The third-order valence-corrected chi connectivity index (χ3v) is 12.3. The normalized spacial score (nSPS) is 14.8. The minimum absolute atomic E-state index is 0.00442. The maximum absolute atomic E-state index is 12.8. The number of carbonyl (C=O) groups is 1. The van der Waals surface area contributed by atoms with Crippen LogP contribution in [0, 0.1) is 0 Å². The first-order valence-corrected chi connectivity index (χ1v) is 28.1. The molecule has 3 unspecified atom stereocenters. The van der Waals surface area contributed by atoms with Crippen LogP contribution in [0.2, 0.25) is 0 Å². The number of aliphatic hydroxyl groups is 1. The fourth-order valence-electron chi connectivity index (χ4n) is 7.13. The van der Waals surface area contributed by atoms with Crippen LogP contribution in [0.5, 0.6) is 0 Å². The summed E-state index contributed by atoms with van der Waals surface area (Å²) in [5, 5.41) is 13.6. The van der Waals surface area contributed by atoms with Gasteiger partial charge in [0.2, 0.25) is 5.91 Å². The molecule has 0 aromatic heterocycles. The van der Waals surface area contributed by atoms with Gasteiger partial charge in [0.15, 0.2) is 0 Å². The zero-order chi connectivity index (χ0) is 48.5. The van der Waals surface area contributed by atoms with E-state index in [4.69, 9.17) is 9.05 Å². The second-order valence-corrected chi connectivity index (χ2v) is 20.3. The van der Waals surface area contributed by atoms with Crippen LogP contribution in [0.3, 0.4) is 0 Å². The minimum atomic E-state index is -4.58. The van der Waals surface area contributed by atoms with Crippen molar-refractivity contribution in [1.82, 2.24) is 5.32 Å². The lowest BCUT2D eigenvalue weighted by Gasteiger charge is -2.29. The molecule has 0 radical (unpaired) electrons. The number of phosphoric acid groups is 1. The van der Waals surface area contributed by atoms with E-state index in [-0.39, 0.29) is 19.1 Å². The van der Waals surface area contributed by atoms with E-state index < -0.39 is 20.0 Å². The molecule has 0 bridgehead atoms. The Hall–Kier alpha value is -2.58. The summed E-state index contributed by atoms with van der Waals surface area (Å²) in [6, 6.07) is -0.885. The standard InChI is InChI=1S/C57H101N2O6P/c1-6-8-10-12-13-14-15-16-17-18-19-20-21-22-23-24-25-26-27-28-29-30-31-32-33-34-35-36-37-38-39-40-41-42-43-44-45-47-49-51-57(61)58-55(56(60)50-48-46-11-9-7-2)54-65-66(62,63)64-53-52-59(3,4)5/h8,10,13-14,16-17,19-20,22-23,25-26,28-29,48,50,55-56,60H,6-7,9,11-12,15,18,21,24,27,30-47,49,51-54H2,1-5H3,(H-,58,61,62,63)/b10-8-,14-13-,17-16-,20-19-,23-22-,26-25-,29-28-,50-48+. The van der Waals surface area contributed by atoms with Gasteiger partial charge >= 0.3 is 0 Å². The summed E-state index contributed by atoms with van der Waals surface area (Å²) in [6.07, 6.45) is 68.3. The number of nitrogens with zero attached hydrogens (tertiary/aromatic N) is 1. The van der Waals surface area contributed by atoms with E-state index in [1.165, 1.54) is 96.3 Å². The van der Waals surface area contributed by atoms with Crippen LogP contribution < -0.4 is 10.2 Å². The largest absolute Gasteiger partial charge is 0.756 e. The second-order valence-electron chi connectivity index (χ2n) is 18.9. The third kappa shape index (κ3) is 49.3. The van der Waals surface area contributed by atoms with E-state index in [0.717, 1.165) is 89.9 Å². The highest BCUT2D eigenvalue weighted by molar-refractivity contribution is 7.45. The maximum atomic E-state index is 12.8. The number of unbranched alkanes of at least 4 members (excludes halogenated alkanes) is 20. The van der Waals surface area contributed by atoms with Crippen molar-refractivity contribution in [3.63, 3.8) is 0 Å². The fourth-order valence-corrected chi connectivity index (χ4v) is 7.85. The van der Waals surface area contributed by atoms with Crippen LogP contribution in [0.1, 0.15) is 206 Å². The number of allylic oxidation sites excluding steroid dienone is 15. The predicted molar refractivity (Wildman–Crippen MR) is 283 cm³/mol. The summed E-state index contributed by atoms with van der Waals surface area (Å²) in [4.78, 5) is 25.1. The van der Waals surface area contributed by atoms with E-state index >= 15 is 0 Å². The zero-order valence-corrected chi connectivity index (χ0v) is 44.0. The van der Waals surface area contributed by atoms with Crippen LogP contribution in [0.4, 0.5) is 0 Å². The number of amides is 1. The van der Waals surface area contributed by atoms with Crippen LogP contribution >= 0.6 is 7.82 Å². The highest BCUT2D eigenvalue weighted by Crippen LogP contribution is 2.38. The first kappa shape index (κ1) is 63.4. The molecule has 0 aliphatic heterocycles. The van der Waals surface area contributed by atoms with Crippen molar-refractivity contribution in [3.05, 3.63) is 97.2 Å². The molecule has 0 saturated carbocycles. The molecular formula is C57H101N2O6P. The van der Waals surface area contributed by atoms with Gasteiger partial charge in [-0.3, -0.25) is 9.36 Å². The van der Waals surface area contributed by atoms with Crippen LogP contribution in [-0.2, 0) is 18.4 Å². The van der Waals surface area contributed by atoms with Gasteiger partial charge in [-0.1, -0.05) is 220 Å². The number of phosphoric ester groups is 1. The van der Waals surface area contributed by atoms with E-state index in [9.17, 15) is 19.4 Å². The Morgan fingerprint density at radius 2 is 0.924 bits per heavy atom. The van der Waals surface area contributed by atoms with Gasteiger partial charge in [-0.2, -0.15) is 0 Å². The second kappa shape index (κ2) is 47.5. The highest BCUT2D eigenvalue weighted by atomic mass is 31.2. The Morgan fingerprint density at radius 3 is 1.35 bits per heavy atom. The first-order valence-electron chi connectivity index (χ1n) is 26.6. The smallest absolute Gasteiger partial charge is 0.268 e. The number of aliphatic hydroxyl groups excluding tert-OH is 1. The summed E-state index contributed by atoms with van der Waals surface area (Å²) in [6.45, 7) is 4.40. The molecule has 9 heteroatoms. The number of nitrogens with one attached hydrogen (secondary N) is 1. The van der Waals surface area contributed by atoms with E-state index in [2.05, 4.69) is 104 Å². The molecule has 66 heavy (non-hydrogen) atoms. The summed E-state index contributed by atoms with van der Waals surface area (Å²) >= 11 is 0. The summed E-state index contributed by atoms with van der Waals surface area (Å²) in [5.74, 6) is -0.207. The Balaban J connectivity index is 3.80. The summed E-state index contributed by atoms with van der Waals surface area (Å²) in [5.41, 5.74) is 0. The van der Waals surface area contributed by atoms with Crippen molar-refractivity contribution in [2.45, 2.75) is 219 Å². The topological polar surface area (TPSA) is 108 Å². The first-order chi connectivity index (χ1) is 32.0. The number of quaternary nitrogens is 1. The van der Waals surface area contributed by atoms with Gasteiger partial charge in [-0.15, -0.1) is 0 Å². The van der Waals surface area contributed by atoms with Crippen LogP contribution in [0.25, 0.3) is 0 Å². The number of hydrogen-bond donors (Lipinski definition) is 2. The van der Waals surface area contributed by atoms with Gasteiger partial charge in [0, 0.05) is 6.42 Å². The molecular weight excluding hydrogens is 840 g/mol. The van der Waals surface area contributed by atoms with E-state index in [1.54, 1.807) is 6.08 Å². The molecule has 0 saturated heterocycles. The van der Waals surface area contributed by atoms with Crippen molar-refractivity contribution >= 4 is 13.7 Å². The Bertz CT molecular complexity index is 1390. The van der Waals surface area contributed by atoms with Crippen LogP contribution in [-0.4, -0.2) is 68.5 Å². The monoisotopic (exact) mass is 941 g/mol. The van der Waals surface area contributed by atoms with Gasteiger partial charge in [0.25, 0.3) is 7.82 Å². The molecule has 3 atom stereocenters. The lowest BCUT2D eigenvalue weighted by atomic mass is 10.0. The average Bonchev–Trinajstić information content (AvgIpc) is 3.27. The molecule has 1 amide bonds.